The molecule has 0 spiro atoms. The van der Waals surface area contributed by atoms with E-state index in [0.29, 0.717) is 19.8 Å². The van der Waals surface area contributed by atoms with Crippen LogP contribution in [0.15, 0.2) is 22.7 Å². The van der Waals surface area contributed by atoms with Crippen molar-refractivity contribution in [2.75, 3.05) is 40.1 Å². The summed E-state index contributed by atoms with van der Waals surface area (Å²) in [5.41, 5.74) is 1.13. The molecule has 0 atom stereocenters. The average molecular weight is 346 g/mol. The molecule has 0 radical (unpaired) electrons. The van der Waals surface area contributed by atoms with Gasteiger partial charge in [0.2, 0.25) is 0 Å². The number of hydrogen-bond acceptors (Lipinski definition) is 4. The van der Waals surface area contributed by atoms with E-state index in [1.54, 1.807) is 7.11 Å². The summed E-state index contributed by atoms with van der Waals surface area (Å²) in [6.45, 7) is 6.34. The lowest BCUT2D eigenvalue weighted by molar-refractivity contribution is 0.0999. The lowest BCUT2D eigenvalue weighted by Gasteiger charge is -2.14. The lowest BCUT2D eigenvalue weighted by Crippen LogP contribution is -2.19. The van der Waals surface area contributed by atoms with Crippen LogP contribution in [0.4, 0.5) is 0 Å². The lowest BCUT2D eigenvalue weighted by atomic mass is 10.2. The minimum atomic E-state index is 0.563. The molecule has 0 saturated carbocycles. The van der Waals surface area contributed by atoms with Crippen molar-refractivity contribution in [1.82, 2.24) is 5.32 Å². The van der Waals surface area contributed by atoms with Crippen molar-refractivity contribution in [1.29, 1.82) is 0 Å². The van der Waals surface area contributed by atoms with E-state index in [-0.39, 0.29) is 0 Å². The maximum atomic E-state index is 5.83. The van der Waals surface area contributed by atoms with Gasteiger partial charge in [-0.1, -0.05) is 19.1 Å². The summed E-state index contributed by atoms with van der Waals surface area (Å²) in [6, 6.07) is 6.06. The van der Waals surface area contributed by atoms with Crippen LogP contribution in [0, 0.1) is 0 Å². The van der Waals surface area contributed by atoms with Crippen molar-refractivity contribution in [3.8, 4) is 5.75 Å². The highest BCUT2D eigenvalue weighted by Crippen LogP contribution is 2.29. The molecule has 0 aliphatic carbocycles. The van der Waals surface area contributed by atoms with E-state index in [2.05, 4.69) is 34.2 Å². The Bertz CT molecular complexity index is 374. The van der Waals surface area contributed by atoms with E-state index >= 15 is 0 Å². The number of rotatable bonds is 11. The number of nitrogens with one attached hydrogen (secondary N) is 1. The zero-order chi connectivity index (χ0) is 14.6. The number of ether oxygens (including phenoxy) is 3. The Balaban J connectivity index is 2.45. The van der Waals surface area contributed by atoms with E-state index < -0.39 is 0 Å². The molecular formula is C15H24BrNO3. The van der Waals surface area contributed by atoms with Gasteiger partial charge in [-0.2, -0.15) is 0 Å². The average Bonchev–Trinajstić information content (AvgIpc) is 2.45. The molecule has 114 valence electrons. The maximum Gasteiger partial charge on any atom is 0.138 e. The summed E-state index contributed by atoms with van der Waals surface area (Å²) in [5, 5.41) is 3.32. The van der Waals surface area contributed by atoms with Crippen LogP contribution in [-0.2, 0) is 16.0 Å². The molecule has 1 aromatic rings. The number of benzene rings is 1. The molecule has 20 heavy (non-hydrogen) atoms. The standard InChI is InChI=1S/C15H24BrNO3/c1-3-8-19-10-11-20-15-13(5-4-6-14(15)16)12-17-7-9-18-2/h4-6,17H,3,7-12H2,1-2H3. The second-order valence-electron chi connectivity index (χ2n) is 4.36. The molecule has 0 heterocycles. The van der Waals surface area contributed by atoms with E-state index in [9.17, 15) is 0 Å². The van der Waals surface area contributed by atoms with Gasteiger partial charge in [0.15, 0.2) is 0 Å². The van der Waals surface area contributed by atoms with Crippen LogP contribution in [0.1, 0.15) is 18.9 Å². The fourth-order valence-electron chi connectivity index (χ4n) is 1.70. The maximum absolute atomic E-state index is 5.83. The van der Waals surface area contributed by atoms with Gasteiger partial charge in [-0.05, 0) is 28.4 Å². The second kappa shape index (κ2) is 11.1. The topological polar surface area (TPSA) is 39.7 Å². The Morgan fingerprint density at radius 2 is 2.00 bits per heavy atom. The fraction of sp³-hybridized carbons (Fsp3) is 0.600. The summed E-state index contributed by atoms with van der Waals surface area (Å²) in [4.78, 5) is 0. The molecule has 0 fully saturated rings. The first-order chi connectivity index (χ1) is 9.79. The van der Waals surface area contributed by atoms with Gasteiger partial charge in [-0.15, -0.1) is 0 Å². The minimum Gasteiger partial charge on any atom is -0.490 e. The molecule has 4 nitrogen and oxygen atoms in total. The Hall–Kier alpha value is -0.620. The van der Waals surface area contributed by atoms with E-state index in [1.807, 2.05) is 12.1 Å². The Morgan fingerprint density at radius 3 is 2.75 bits per heavy atom. The highest BCUT2D eigenvalue weighted by molar-refractivity contribution is 9.10. The minimum absolute atomic E-state index is 0.563. The van der Waals surface area contributed by atoms with Gasteiger partial charge in [-0.25, -0.2) is 0 Å². The normalized spacial score (nSPS) is 10.8. The molecule has 5 heteroatoms. The third-order valence-electron chi connectivity index (χ3n) is 2.67. The SMILES string of the molecule is CCCOCCOc1c(Br)cccc1CNCCOC. The van der Waals surface area contributed by atoms with Gasteiger partial charge < -0.3 is 19.5 Å². The fourth-order valence-corrected chi connectivity index (χ4v) is 2.22. The van der Waals surface area contributed by atoms with E-state index in [4.69, 9.17) is 14.2 Å². The van der Waals surface area contributed by atoms with Gasteiger partial charge in [0.05, 0.1) is 17.7 Å². The van der Waals surface area contributed by atoms with Gasteiger partial charge in [0.25, 0.3) is 0 Å². The molecule has 0 aromatic heterocycles. The molecule has 0 aliphatic rings. The Labute approximate surface area is 129 Å². The van der Waals surface area contributed by atoms with Crippen LogP contribution in [0.3, 0.4) is 0 Å². The third-order valence-corrected chi connectivity index (χ3v) is 3.29. The Morgan fingerprint density at radius 1 is 1.15 bits per heavy atom. The first-order valence-electron chi connectivity index (χ1n) is 6.97. The second-order valence-corrected chi connectivity index (χ2v) is 5.21. The summed E-state index contributed by atoms with van der Waals surface area (Å²) in [5.74, 6) is 0.887. The van der Waals surface area contributed by atoms with Gasteiger partial charge in [0.1, 0.15) is 12.4 Å². The van der Waals surface area contributed by atoms with Crippen LogP contribution in [-0.4, -0.2) is 40.1 Å². The van der Waals surface area contributed by atoms with Gasteiger partial charge >= 0.3 is 0 Å². The van der Waals surface area contributed by atoms with Crippen LogP contribution in [0.2, 0.25) is 0 Å². The van der Waals surface area contributed by atoms with E-state index in [1.165, 1.54) is 0 Å². The number of halogens is 1. The van der Waals surface area contributed by atoms with Crippen molar-refractivity contribution in [3.63, 3.8) is 0 Å². The smallest absolute Gasteiger partial charge is 0.138 e. The highest BCUT2D eigenvalue weighted by Gasteiger charge is 2.07. The van der Waals surface area contributed by atoms with Crippen molar-refractivity contribution in [2.24, 2.45) is 0 Å². The quantitative estimate of drug-likeness (QED) is 0.626. The van der Waals surface area contributed by atoms with Crippen LogP contribution >= 0.6 is 15.9 Å². The largest absolute Gasteiger partial charge is 0.490 e. The zero-order valence-corrected chi connectivity index (χ0v) is 13.9. The highest BCUT2D eigenvalue weighted by atomic mass is 79.9. The van der Waals surface area contributed by atoms with Crippen LogP contribution in [0.25, 0.3) is 0 Å². The molecule has 0 aliphatic heterocycles. The molecule has 0 amide bonds. The molecular weight excluding hydrogens is 322 g/mol. The number of methoxy groups -OCH3 is 1. The Kier molecular flexibility index (Phi) is 9.66. The molecule has 1 N–H and O–H groups in total. The summed E-state index contributed by atoms with van der Waals surface area (Å²) < 4.78 is 17.2. The summed E-state index contributed by atoms with van der Waals surface area (Å²) in [7, 11) is 1.70. The van der Waals surface area contributed by atoms with Crippen molar-refractivity contribution in [2.45, 2.75) is 19.9 Å². The van der Waals surface area contributed by atoms with Gasteiger partial charge in [0, 0.05) is 32.4 Å². The van der Waals surface area contributed by atoms with Crippen molar-refractivity contribution < 1.29 is 14.2 Å². The molecule has 0 saturated heterocycles. The predicted molar refractivity (Wildman–Crippen MR) is 84.3 cm³/mol. The first kappa shape index (κ1) is 17.4. The zero-order valence-electron chi connectivity index (χ0n) is 12.3. The van der Waals surface area contributed by atoms with Gasteiger partial charge in [-0.3, -0.25) is 0 Å². The summed E-state index contributed by atoms with van der Waals surface area (Å²) in [6.07, 6.45) is 1.03. The van der Waals surface area contributed by atoms with Crippen molar-refractivity contribution >= 4 is 15.9 Å². The first-order valence-corrected chi connectivity index (χ1v) is 7.76. The monoisotopic (exact) mass is 345 g/mol. The molecule has 1 aromatic carbocycles. The van der Waals surface area contributed by atoms with Crippen molar-refractivity contribution in [3.05, 3.63) is 28.2 Å². The van der Waals surface area contributed by atoms with E-state index in [0.717, 1.165) is 41.9 Å². The third kappa shape index (κ3) is 6.70. The molecule has 1 rings (SSSR count). The number of hydrogen-bond donors (Lipinski definition) is 1. The van der Waals surface area contributed by atoms with Crippen LogP contribution < -0.4 is 10.1 Å². The predicted octanol–water partition coefficient (Wildman–Crippen LogP) is 2.99. The summed E-state index contributed by atoms with van der Waals surface area (Å²) >= 11 is 3.53. The molecule has 0 unspecified atom stereocenters. The number of para-hydroxylation sites is 1. The molecule has 0 bridgehead atoms. The van der Waals surface area contributed by atoms with Crippen LogP contribution in [0.5, 0.6) is 5.75 Å².